The molecule has 2 heteroatoms. The molecule has 0 amide bonds. The van der Waals surface area contributed by atoms with Crippen molar-refractivity contribution in [1.82, 2.24) is 0 Å². The smallest absolute Gasteiger partial charge is 0.0443 e. The Morgan fingerprint density at radius 2 is 2.14 bits per heavy atom. The second-order valence-electron chi connectivity index (χ2n) is 2.00. The molecule has 0 spiro atoms. The maximum Gasteiger partial charge on any atom is 0.0443 e. The molecule has 0 aliphatic rings. The number of halogens is 1. The fourth-order valence-corrected chi connectivity index (χ4v) is 0.841. The Morgan fingerprint density at radius 1 is 1.57 bits per heavy atom. The van der Waals surface area contributed by atoms with Gasteiger partial charge in [-0.05, 0) is 12.3 Å². The lowest BCUT2D eigenvalue weighted by Crippen LogP contribution is -1.86. The van der Waals surface area contributed by atoms with Gasteiger partial charge in [0.25, 0.3) is 0 Å². The van der Waals surface area contributed by atoms with Gasteiger partial charge in [-0.15, -0.1) is 0 Å². The van der Waals surface area contributed by atoms with Gasteiger partial charge in [0, 0.05) is 17.9 Å². The van der Waals surface area contributed by atoms with Crippen molar-refractivity contribution >= 4 is 12.1 Å². The first-order chi connectivity index (χ1) is 3.27. The minimum atomic E-state index is 0.430. The molecule has 0 aromatic heterocycles. The van der Waals surface area contributed by atoms with Crippen molar-refractivity contribution in [3.05, 3.63) is 0 Å². The van der Waals surface area contributed by atoms with Crippen LogP contribution in [0, 0.1) is 5.92 Å². The Hall–Kier alpha value is 0.280. The first kappa shape index (κ1) is 7.28. The SMILES string of the molecule is CC(C)CCSF. The third kappa shape index (κ3) is 6.28. The van der Waals surface area contributed by atoms with Crippen molar-refractivity contribution in [3.8, 4) is 0 Å². The van der Waals surface area contributed by atoms with E-state index in [1.165, 1.54) is 0 Å². The van der Waals surface area contributed by atoms with Gasteiger partial charge in [0.1, 0.15) is 0 Å². The van der Waals surface area contributed by atoms with Gasteiger partial charge in [-0.1, -0.05) is 13.8 Å². The molecule has 0 bridgehead atoms. The summed E-state index contributed by atoms with van der Waals surface area (Å²) >= 11 is 0.430. The molecule has 0 unspecified atom stereocenters. The minimum Gasteiger partial charge on any atom is -0.165 e. The molecule has 7 heavy (non-hydrogen) atoms. The van der Waals surface area contributed by atoms with Gasteiger partial charge in [-0.2, -0.15) is 3.89 Å². The van der Waals surface area contributed by atoms with Gasteiger partial charge in [0.2, 0.25) is 0 Å². The first-order valence-corrected chi connectivity index (χ1v) is 3.39. The minimum absolute atomic E-state index is 0.430. The molecule has 0 heterocycles. The number of rotatable bonds is 3. The van der Waals surface area contributed by atoms with Crippen LogP contribution in [0.15, 0.2) is 0 Å². The summed E-state index contributed by atoms with van der Waals surface area (Å²) in [6, 6.07) is 0. The van der Waals surface area contributed by atoms with Crippen LogP contribution in [0.4, 0.5) is 3.89 Å². The molecule has 0 fully saturated rings. The zero-order valence-electron chi connectivity index (χ0n) is 4.78. The highest BCUT2D eigenvalue weighted by Crippen LogP contribution is 2.07. The number of hydrogen-bond donors (Lipinski definition) is 0. The predicted octanol–water partition coefficient (Wildman–Crippen LogP) is 2.65. The molecule has 0 aliphatic heterocycles. The summed E-state index contributed by atoms with van der Waals surface area (Å²) in [4.78, 5) is 0. The van der Waals surface area contributed by atoms with Gasteiger partial charge < -0.3 is 0 Å². The molecule has 0 saturated heterocycles. The normalized spacial score (nSPS) is 10.3. The Morgan fingerprint density at radius 3 is 2.29 bits per heavy atom. The van der Waals surface area contributed by atoms with E-state index < -0.39 is 0 Å². The lowest BCUT2D eigenvalue weighted by Gasteiger charge is -1.96. The maximum absolute atomic E-state index is 11.3. The molecule has 0 saturated carbocycles. The molecule has 0 radical (unpaired) electrons. The van der Waals surface area contributed by atoms with Gasteiger partial charge in [-0.25, -0.2) is 0 Å². The van der Waals surface area contributed by atoms with Gasteiger partial charge in [0.15, 0.2) is 0 Å². The van der Waals surface area contributed by atoms with E-state index >= 15 is 0 Å². The van der Waals surface area contributed by atoms with E-state index in [9.17, 15) is 3.89 Å². The topological polar surface area (TPSA) is 0 Å². The van der Waals surface area contributed by atoms with Crippen LogP contribution in [0.1, 0.15) is 20.3 Å². The van der Waals surface area contributed by atoms with Crippen molar-refractivity contribution < 1.29 is 3.89 Å². The molecular formula is C5H11FS. The molecule has 0 N–H and O–H groups in total. The van der Waals surface area contributed by atoms with Gasteiger partial charge in [0.05, 0.1) is 0 Å². The van der Waals surface area contributed by atoms with Crippen LogP contribution in [-0.2, 0) is 0 Å². The van der Waals surface area contributed by atoms with E-state index in [2.05, 4.69) is 13.8 Å². The van der Waals surface area contributed by atoms with Crippen LogP contribution in [0.25, 0.3) is 0 Å². The highest BCUT2D eigenvalue weighted by atomic mass is 32.2. The third-order valence-electron chi connectivity index (χ3n) is 0.772. The molecule has 0 aliphatic carbocycles. The van der Waals surface area contributed by atoms with Crippen molar-refractivity contribution in [1.29, 1.82) is 0 Å². The number of hydrogen-bond acceptors (Lipinski definition) is 1. The lowest BCUT2D eigenvalue weighted by molar-refractivity contribution is 0.629. The molecular weight excluding hydrogens is 111 g/mol. The fraction of sp³-hybridized carbons (Fsp3) is 1.00. The zero-order valence-corrected chi connectivity index (χ0v) is 5.59. The highest BCUT2D eigenvalue weighted by Gasteiger charge is 1.91. The van der Waals surface area contributed by atoms with Gasteiger partial charge >= 0.3 is 0 Å². The van der Waals surface area contributed by atoms with E-state index in [1.807, 2.05) is 0 Å². The van der Waals surface area contributed by atoms with E-state index in [1.54, 1.807) is 0 Å². The average molecular weight is 122 g/mol. The van der Waals surface area contributed by atoms with Crippen LogP contribution in [0.3, 0.4) is 0 Å². The Kier molecular flexibility index (Phi) is 4.62. The van der Waals surface area contributed by atoms with Crippen molar-refractivity contribution in [3.63, 3.8) is 0 Å². The second kappa shape index (κ2) is 4.44. The molecule has 0 atom stereocenters. The molecule has 0 rings (SSSR count). The molecule has 0 aromatic rings. The van der Waals surface area contributed by atoms with E-state index in [0.29, 0.717) is 23.8 Å². The summed E-state index contributed by atoms with van der Waals surface area (Å²) in [7, 11) is 0. The predicted molar refractivity (Wildman–Crippen MR) is 33.0 cm³/mol. The largest absolute Gasteiger partial charge is 0.165 e. The maximum atomic E-state index is 11.3. The average Bonchev–Trinajstić information content (AvgIpc) is 1.61. The van der Waals surface area contributed by atoms with Crippen molar-refractivity contribution in [2.45, 2.75) is 20.3 Å². The van der Waals surface area contributed by atoms with E-state index in [4.69, 9.17) is 0 Å². The monoisotopic (exact) mass is 122 g/mol. The Labute approximate surface area is 48.8 Å². The fourth-order valence-electron chi connectivity index (χ4n) is 0.280. The van der Waals surface area contributed by atoms with Crippen LogP contribution in [-0.4, -0.2) is 5.75 Å². The molecule has 0 nitrogen and oxygen atoms in total. The summed E-state index contributed by atoms with van der Waals surface area (Å²) < 4.78 is 11.3. The van der Waals surface area contributed by atoms with Crippen LogP contribution in [0.2, 0.25) is 0 Å². The summed E-state index contributed by atoms with van der Waals surface area (Å²) in [6.45, 7) is 4.19. The Bertz CT molecular complexity index is 37.1. The third-order valence-corrected chi connectivity index (χ3v) is 1.16. The molecule has 0 aromatic carbocycles. The van der Waals surface area contributed by atoms with E-state index in [0.717, 1.165) is 6.42 Å². The van der Waals surface area contributed by atoms with Crippen molar-refractivity contribution in [2.24, 2.45) is 5.92 Å². The lowest BCUT2D eigenvalue weighted by atomic mass is 10.2. The summed E-state index contributed by atoms with van der Waals surface area (Å²) in [6.07, 6.45) is 0.987. The van der Waals surface area contributed by atoms with Gasteiger partial charge in [-0.3, -0.25) is 0 Å². The zero-order chi connectivity index (χ0) is 5.70. The van der Waals surface area contributed by atoms with Crippen molar-refractivity contribution in [2.75, 3.05) is 5.75 Å². The van der Waals surface area contributed by atoms with Crippen LogP contribution >= 0.6 is 12.1 Å². The standard InChI is InChI=1S/C5H11FS/c1-5(2)3-4-7-6/h5H,3-4H2,1-2H3. The quantitative estimate of drug-likeness (QED) is 0.554. The van der Waals surface area contributed by atoms with E-state index in [-0.39, 0.29) is 0 Å². The Balaban J connectivity index is 2.68. The van der Waals surface area contributed by atoms with Crippen LogP contribution in [0.5, 0.6) is 0 Å². The molecule has 44 valence electrons. The summed E-state index contributed by atoms with van der Waals surface area (Å²) in [5.41, 5.74) is 0. The first-order valence-electron chi connectivity index (χ1n) is 2.51. The second-order valence-corrected chi connectivity index (χ2v) is 2.62. The highest BCUT2D eigenvalue weighted by molar-refractivity contribution is 7.94. The summed E-state index contributed by atoms with van der Waals surface area (Å²) in [5.74, 6) is 1.29. The van der Waals surface area contributed by atoms with Crippen LogP contribution < -0.4 is 0 Å². The summed E-state index contributed by atoms with van der Waals surface area (Å²) in [5, 5.41) is 0.